The van der Waals surface area contributed by atoms with Gasteiger partial charge in [-0.3, -0.25) is 0 Å². The first-order chi connectivity index (χ1) is 9.36. The van der Waals surface area contributed by atoms with E-state index in [4.69, 9.17) is 4.74 Å². The maximum Gasteiger partial charge on any atom is 0.171 e. The molecule has 1 aromatic heterocycles. The van der Waals surface area contributed by atoms with Crippen molar-refractivity contribution in [2.45, 2.75) is 31.7 Å². The molecule has 0 bridgehead atoms. The van der Waals surface area contributed by atoms with Crippen molar-refractivity contribution < 1.29 is 4.74 Å². The van der Waals surface area contributed by atoms with Crippen LogP contribution in [0.15, 0.2) is 18.3 Å². The van der Waals surface area contributed by atoms with E-state index in [-0.39, 0.29) is 0 Å². The van der Waals surface area contributed by atoms with Gasteiger partial charge in [0.25, 0.3) is 0 Å². The Morgan fingerprint density at radius 3 is 2.95 bits per heavy atom. The summed E-state index contributed by atoms with van der Waals surface area (Å²) < 4.78 is 5.47. The minimum Gasteiger partial charge on any atom is -0.493 e. The molecular formula is C15H23N3O. The lowest BCUT2D eigenvalue weighted by Crippen LogP contribution is -2.39. The Bertz CT molecular complexity index is 414. The number of hydrogen-bond acceptors (Lipinski definition) is 4. The number of nitrogens with one attached hydrogen (secondary N) is 1. The number of rotatable bonds is 6. The lowest BCUT2D eigenvalue weighted by atomic mass is 10.2. The first-order valence-corrected chi connectivity index (χ1v) is 7.34. The highest BCUT2D eigenvalue weighted by Gasteiger charge is 2.28. The first kappa shape index (κ1) is 12.7. The summed E-state index contributed by atoms with van der Waals surface area (Å²) >= 11 is 0. The first-order valence-electron chi connectivity index (χ1n) is 7.34. The molecular weight excluding hydrogens is 238 g/mol. The maximum absolute atomic E-state index is 5.47. The van der Waals surface area contributed by atoms with Crippen LogP contribution in [0.5, 0.6) is 5.75 Å². The largest absolute Gasteiger partial charge is 0.493 e. The van der Waals surface area contributed by atoms with Gasteiger partial charge in [0.05, 0.1) is 7.11 Å². The van der Waals surface area contributed by atoms with Gasteiger partial charge in [0.1, 0.15) is 0 Å². The van der Waals surface area contributed by atoms with Crippen LogP contribution in [0, 0.1) is 5.92 Å². The quantitative estimate of drug-likeness (QED) is 0.850. The molecule has 1 saturated carbocycles. The van der Waals surface area contributed by atoms with Crippen LogP contribution < -0.4 is 15.0 Å². The van der Waals surface area contributed by atoms with E-state index < -0.39 is 0 Å². The van der Waals surface area contributed by atoms with E-state index in [0.717, 1.165) is 37.1 Å². The molecule has 1 N–H and O–H groups in total. The van der Waals surface area contributed by atoms with E-state index in [1.807, 2.05) is 18.3 Å². The van der Waals surface area contributed by atoms with Crippen LogP contribution in [0.3, 0.4) is 0 Å². The van der Waals surface area contributed by atoms with Crippen molar-refractivity contribution in [1.82, 2.24) is 10.3 Å². The predicted molar refractivity (Wildman–Crippen MR) is 76.8 cm³/mol. The number of hydrogen-bond donors (Lipinski definition) is 1. The van der Waals surface area contributed by atoms with Crippen LogP contribution in [-0.4, -0.2) is 37.8 Å². The molecule has 104 valence electrons. The molecule has 1 aliphatic carbocycles. The summed E-state index contributed by atoms with van der Waals surface area (Å²) in [4.78, 5) is 6.96. The highest BCUT2D eigenvalue weighted by atomic mass is 16.5. The lowest BCUT2D eigenvalue weighted by molar-refractivity contribution is 0.411. The molecule has 1 unspecified atom stereocenters. The summed E-state index contributed by atoms with van der Waals surface area (Å²) in [5.74, 6) is 2.75. The van der Waals surface area contributed by atoms with Gasteiger partial charge in [0.15, 0.2) is 11.6 Å². The van der Waals surface area contributed by atoms with Crippen molar-refractivity contribution in [1.29, 1.82) is 0 Å². The summed E-state index contributed by atoms with van der Waals surface area (Å²) in [5, 5.41) is 3.58. The number of nitrogens with zero attached hydrogens (tertiary/aromatic N) is 2. The molecule has 1 aliphatic heterocycles. The van der Waals surface area contributed by atoms with Crippen molar-refractivity contribution >= 4 is 5.82 Å². The third-order valence-corrected chi connectivity index (χ3v) is 4.05. The zero-order valence-electron chi connectivity index (χ0n) is 11.6. The molecule has 0 spiro atoms. The van der Waals surface area contributed by atoms with Crippen LogP contribution in [0.1, 0.15) is 25.7 Å². The molecule has 19 heavy (non-hydrogen) atoms. The standard InChI is InChI=1S/C15H23N3O/c1-19-14-5-3-9-17-15(14)18(10-12-6-7-12)11-13-4-2-8-16-13/h3,5,9,12-13,16H,2,4,6-8,10-11H2,1H3. The van der Waals surface area contributed by atoms with E-state index in [1.54, 1.807) is 7.11 Å². The fourth-order valence-electron chi connectivity index (χ4n) is 2.82. The number of pyridine rings is 1. The summed E-state index contributed by atoms with van der Waals surface area (Å²) in [5.41, 5.74) is 0. The van der Waals surface area contributed by atoms with E-state index in [2.05, 4.69) is 15.2 Å². The molecule has 4 nitrogen and oxygen atoms in total. The normalized spacial score (nSPS) is 22.5. The zero-order valence-corrected chi connectivity index (χ0v) is 11.6. The zero-order chi connectivity index (χ0) is 13.1. The van der Waals surface area contributed by atoms with Gasteiger partial charge < -0.3 is 15.0 Å². The Morgan fingerprint density at radius 1 is 1.37 bits per heavy atom. The Kier molecular flexibility index (Phi) is 3.87. The molecule has 0 amide bonds. The summed E-state index contributed by atoms with van der Waals surface area (Å²) in [6, 6.07) is 4.54. The number of anilines is 1. The van der Waals surface area contributed by atoms with E-state index >= 15 is 0 Å². The van der Waals surface area contributed by atoms with E-state index in [0.29, 0.717) is 6.04 Å². The van der Waals surface area contributed by atoms with Gasteiger partial charge in [-0.05, 0) is 50.3 Å². The molecule has 4 heteroatoms. The number of aromatic nitrogens is 1. The third kappa shape index (κ3) is 3.18. The van der Waals surface area contributed by atoms with Crippen LogP contribution in [0.25, 0.3) is 0 Å². The molecule has 2 fully saturated rings. The minimum absolute atomic E-state index is 0.602. The van der Waals surface area contributed by atoms with Crippen molar-refractivity contribution in [2.24, 2.45) is 5.92 Å². The molecule has 0 radical (unpaired) electrons. The van der Waals surface area contributed by atoms with Gasteiger partial charge in [-0.25, -0.2) is 4.98 Å². The molecule has 1 aromatic rings. The summed E-state index contributed by atoms with van der Waals surface area (Å²) in [7, 11) is 1.73. The van der Waals surface area contributed by atoms with E-state index in [9.17, 15) is 0 Å². The molecule has 2 heterocycles. The van der Waals surface area contributed by atoms with Crippen molar-refractivity contribution in [3.05, 3.63) is 18.3 Å². The Labute approximate surface area is 115 Å². The predicted octanol–water partition coefficient (Wildman–Crippen LogP) is 2.06. The van der Waals surface area contributed by atoms with Crippen molar-refractivity contribution in [3.8, 4) is 5.75 Å². The van der Waals surface area contributed by atoms with Crippen LogP contribution in [0.2, 0.25) is 0 Å². The van der Waals surface area contributed by atoms with Gasteiger partial charge in [-0.15, -0.1) is 0 Å². The van der Waals surface area contributed by atoms with Gasteiger partial charge in [-0.1, -0.05) is 0 Å². The highest BCUT2D eigenvalue weighted by molar-refractivity contribution is 5.52. The van der Waals surface area contributed by atoms with Gasteiger partial charge in [-0.2, -0.15) is 0 Å². The fourth-order valence-corrected chi connectivity index (χ4v) is 2.82. The average molecular weight is 261 g/mol. The monoisotopic (exact) mass is 261 g/mol. The van der Waals surface area contributed by atoms with Crippen molar-refractivity contribution in [2.75, 3.05) is 31.6 Å². The second-order valence-corrected chi connectivity index (χ2v) is 5.67. The molecule has 3 rings (SSSR count). The molecule has 1 saturated heterocycles. The second kappa shape index (κ2) is 5.78. The van der Waals surface area contributed by atoms with Gasteiger partial charge in [0, 0.05) is 25.3 Å². The lowest BCUT2D eigenvalue weighted by Gasteiger charge is -2.28. The van der Waals surface area contributed by atoms with Crippen LogP contribution in [0.4, 0.5) is 5.82 Å². The second-order valence-electron chi connectivity index (χ2n) is 5.67. The van der Waals surface area contributed by atoms with Gasteiger partial charge >= 0.3 is 0 Å². The Morgan fingerprint density at radius 2 is 2.26 bits per heavy atom. The summed E-state index contributed by atoms with van der Waals surface area (Å²) in [6.45, 7) is 3.32. The number of methoxy groups -OCH3 is 1. The van der Waals surface area contributed by atoms with Crippen LogP contribution in [-0.2, 0) is 0 Å². The molecule has 2 aliphatic rings. The Hall–Kier alpha value is -1.29. The average Bonchev–Trinajstić information content (AvgIpc) is 3.12. The van der Waals surface area contributed by atoms with Crippen molar-refractivity contribution in [3.63, 3.8) is 0 Å². The summed E-state index contributed by atoms with van der Waals surface area (Å²) in [6.07, 6.45) is 7.16. The fraction of sp³-hybridized carbons (Fsp3) is 0.667. The van der Waals surface area contributed by atoms with Gasteiger partial charge in [0.2, 0.25) is 0 Å². The minimum atomic E-state index is 0.602. The number of ether oxygens (including phenoxy) is 1. The Balaban J connectivity index is 1.75. The van der Waals surface area contributed by atoms with E-state index in [1.165, 1.54) is 25.7 Å². The third-order valence-electron chi connectivity index (χ3n) is 4.05. The smallest absolute Gasteiger partial charge is 0.171 e. The maximum atomic E-state index is 5.47. The SMILES string of the molecule is COc1cccnc1N(CC1CC1)CC1CCCN1. The molecule has 0 aromatic carbocycles. The highest BCUT2D eigenvalue weighted by Crippen LogP contribution is 2.33. The topological polar surface area (TPSA) is 37.4 Å². The molecule has 1 atom stereocenters. The van der Waals surface area contributed by atoms with Crippen LogP contribution >= 0.6 is 0 Å².